The average molecular weight is 417 g/mol. The molecule has 0 saturated carbocycles. The van der Waals surface area contributed by atoms with Crippen LogP contribution in [0.4, 0.5) is 0 Å². The maximum absolute atomic E-state index is 12.8. The van der Waals surface area contributed by atoms with Gasteiger partial charge in [-0.3, -0.25) is 9.59 Å². The van der Waals surface area contributed by atoms with Gasteiger partial charge < -0.3 is 14.2 Å². The van der Waals surface area contributed by atoms with Gasteiger partial charge in [0.05, 0.1) is 4.58 Å². The summed E-state index contributed by atoms with van der Waals surface area (Å²) < 4.78 is 5.91. The lowest BCUT2D eigenvalue weighted by Gasteiger charge is -2.34. The molecule has 2 aromatic rings. The van der Waals surface area contributed by atoms with Gasteiger partial charge in [-0.2, -0.15) is 0 Å². The molecule has 5 nitrogen and oxygen atoms in total. The summed E-state index contributed by atoms with van der Waals surface area (Å²) in [5, 5.41) is 0. The monoisotopic (exact) mass is 416 g/mol. The molecule has 28 heavy (non-hydrogen) atoms. The quantitative estimate of drug-likeness (QED) is 0.755. The number of carbonyl (C=O) groups excluding carboxylic acids is 2. The van der Waals surface area contributed by atoms with Gasteiger partial charge in [0.15, 0.2) is 5.76 Å². The van der Waals surface area contributed by atoms with Crippen LogP contribution in [0.15, 0.2) is 40.8 Å². The van der Waals surface area contributed by atoms with E-state index in [1.165, 1.54) is 23.5 Å². The molecule has 2 fully saturated rings. The van der Waals surface area contributed by atoms with E-state index in [0.29, 0.717) is 36.5 Å². The maximum atomic E-state index is 12.8. The Morgan fingerprint density at radius 2 is 1.50 bits per heavy atom. The van der Waals surface area contributed by atoms with Crippen LogP contribution in [0, 0.1) is 6.92 Å². The largest absolute Gasteiger partial charge is 0.456 e. The topological polar surface area (TPSA) is 53.8 Å². The molecule has 0 spiro atoms. The van der Waals surface area contributed by atoms with Crippen LogP contribution in [0.2, 0.25) is 0 Å². The third-order valence-electron chi connectivity index (χ3n) is 5.06. The summed E-state index contributed by atoms with van der Waals surface area (Å²) in [4.78, 5) is 28.9. The van der Waals surface area contributed by atoms with Crippen molar-refractivity contribution in [2.75, 3.05) is 37.7 Å². The number of aryl methyl sites for hydroxylation is 1. The van der Waals surface area contributed by atoms with E-state index in [2.05, 4.69) is 12.1 Å². The summed E-state index contributed by atoms with van der Waals surface area (Å²) in [6, 6.07) is 11.6. The van der Waals surface area contributed by atoms with Crippen molar-refractivity contribution < 1.29 is 14.0 Å². The molecule has 0 bridgehead atoms. The number of benzene rings is 1. The summed E-state index contributed by atoms with van der Waals surface area (Å²) in [7, 11) is 0. The fourth-order valence-electron chi connectivity index (χ4n) is 3.46. The Bertz CT molecular complexity index is 836. The maximum Gasteiger partial charge on any atom is 0.289 e. The van der Waals surface area contributed by atoms with Crippen molar-refractivity contribution in [2.24, 2.45) is 0 Å². The fraction of sp³-hybridized carbons (Fsp3) is 0.429. The molecule has 2 aliphatic rings. The number of hydrogen-bond acceptors (Lipinski definition) is 5. The molecule has 3 heterocycles. The smallest absolute Gasteiger partial charge is 0.289 e. The SMILES string of the molecule is Cc1ccc(C(=O)N2CCN(C(=O)c3ccc(C4SCCCS4)cc3)CC2)o1. The number of amides is 2. The van der Waals surface area contributed by atoms with Crippen LogP contribution in [0.3, 0.4) is 0 Å². The number of rotatable bonds is 3. The van der Waals surface area contributed by atoms with E-state index in [0.717, 1.165) is 11.3 Å². The number of carbonyl (C=O) groups is 2. The van der Waals surface area contributed by atoms with E-state index >= 15 is 0 Å². The summed E-state index contributed by atoms with van der Waals surface area (Å²) in [6.07, 6.45) is 1.27. The first kappa shape index (κ1) is 19.5. The van der Waals surface area contributed by atoms with Crippen molar-refractivity contribution in [2.45, 2.75) is 17.9 Å². The number of nitrogens with zero attached hydrogens (tertiary/aromatic N) is 2. The highest BCUT2D eigenvalue weighted by atomic mass is 32.2. The molecule has 1 aromatic carbocycles. The Hall–Kier alpha value is -1.86. The van der Waals surface area contributed by atoms with Gasteiger partial charge in [-0.15, -0.1) is 23.5 Å². The molecule has 148 valence electrons. The Morgan fingerprint density at radius 3 is 2.07 bits per heavy atom. The van der Waals surface area contributed by atoms with Crippen molar-refractivity contribution in [3.63, 3.8) is 0 Å². The van der Waals surface area contributed by atoms with Crippen LogP contribution < -0.4 is 0 Å². The van der Waals surface area contributed by atoms with Crippen LogP contribution in [-0.4, -0.2) is 59.3 Å². The van der Waals surface area contributed by atoms with Crippen LogP contribution >= 0.6 is 23.5 Å². The summed E-state index contributed by atoms with van der Waals surface area (Å²) in [5.41, 5.74) is 2.01. The minimum absolute atomic E-state index is 0.0384. The fourth-order valence-corrected chi connectivity index (χ4v) is 6.36. The molecule has 4 rings (SSSR count). The molecule has 7 heteroatoms. The number of furan rings is 1. The molecular weight excluding hydrogens is 392 g/mol. The van der Waals surface area contributed by atoms with Crippen LogP contribution in [0.5, 0.6) is 0 Å². The Labute approximate surface area is 173 Å². The van der Waals surface area contributed by atoms with Crippen LogP contribution in [0.25, 0.3) is 0 Å². The zero-order chi connectivity index (χ0) is 19.5. The van der Waals surface area contributed by atoms with Gasteiger partial charge in [-0.25, -0.2) is 0 Å². The predicted molar refractivity (Wildman–Crippen MR) is 114 cm³/mol. The van der Waals surface area contributed by atoms with E-state index in [4.69, 9.17) is 4.42 Å². The van der Waals surface area contributed by atoms with Crippen LogP contribution in [0.1, 0.15) is 43.2 Å². The third-order valence-corrected chi connectivity index (χ3v) is 8.08. The molecule has 0 aliphatic carbocycles. The molecule has 2 aliphatic heterocycles. The number of piperazine rings is 1. The van der Waals surface area contributed by atoms with Crippen molar-refractivity contribution in [3.8, 4) is 0 Å². The average Bonchev–Trinajstić information content (AvgIpc) is 3.20. The van der Waals surface area contributed by atoms with Gasteiger partial charge in [0.2, 0.25) is 0 Å². The first-order chi connectivity index (χ1) is 13.6. The van der Waals surface area contributed by atoms with Gasteiger partial charge in [0.1, 0.15) is 5.76 Å². The minimum atomic E-state index is -0.105. The molecule has 0 atom stereocenters. The second-order valence-electron chi connectivity index (χ2n) is 7.04. The van der Waals surface area contributed by atoms with Gasteiger partial charge in [-0.1, -0.05) is 12.1 Å². The van der Waals surface area contributed by atoms with Gasteiger partial charge in [-0.05, 0) is 54.7 Å². The Balaban J connectivity index is 1.34. The van der Waals surface area contributed by atoms with Gasteiger partial charge in [0.25, 0.3) is 11.8 Å². The Kier molecular flexibility index (Phi) is 6.01. The van der Waals surface area contributed by atoms with Gasteiger partial charge >= 0.3 is 0 Å². The number of thioether (sulfide) groups is 2. The highest BCUT2D eigenvalue weighted by molar-refractivity contribution is 8.16. The van der Waals surface area contributed by atoms with E-state index in [-0.39, 0.29) is 11.8 Å². The molecule has 0 radical (unpaired) electrons. The lowest BCUT2D eigenvalue weighted by atomic mass is 10.1. The van der Waals surface area contributed by atoms with Crippen molar-refractivity contribution >= 4 is 35.3 Å². The molecule has 2 saturated heterocycles. The Morgan fingerprint density at radius 1 is 0.893 bits per heavy atom. The van der Waals surface area contributed by atoms with E-state index in [1.54, 1.807) is 17.0 Å². The zero-order valence-electron chi connectivity index (χ0n) is 15.9. The molecule has 1 aromatic heterocycles. The van der Waals surface area contributed by atoms with E-state index in [9.17, 15) is 9.59 Å². The lowest BCUT2D eigenvalue weighted by molar-refractivity contribution is 0.0517. The minimum Gasteiger partial charge on any atom is -0.456 e. The highest BCUT2D eigenvalue weighted by Crippen LogP contribution is 2.43. The lowest BCUT2D eigenvalue weighted by Crippen LogP contribution is -2.50. The molecular formula is C21H24N2O3S2. The molecule has 2 amide bonds. The standard InChI is InChI=1S/C21H24N2O3S2/c1-15-3-8-18(26-15)20(25)23-11-9-22(10-12-23)19(24)16-4-6-17(7-5-16)21-27-13-2-14-28-21/h3-8,21H,2,9-14H2,1H3. The van der Waals surface area contributed by atoms with E-state index in [1.807, 2.05) is 47.5 Å². The summed E-state index contributed by atoms with van der Waals surface area (Å²) >= 11 is 3.97. The predicted octanol–water partition coefficient (Wildman–Crippen LogP) is 4.05. The summed E-state index contributed by atoms with van der Waals surface area (Å²) in [5.74, 6) is 3.44. The van der Waals surface area contributed by atoms with Crippen LogP contribution in [-0.2, 0) is 0 Å². The van der Waals surface area contributed by atoms with E-state index < -0.39 is 0 Å². The van der Waals surface area contributed by atoms with Crippen molar-refractivity contribution in [3.05, 3.63) is 59.0 Å². The zero-order valence-corrected chi connectivity index (χ0v) is 17.6. The van der Waals surface area contributed by atoms with Crippen molar-refractivity contribution in [1.29, 1.82) is 0 Å². The highest BCUT2D eigenvalue weighted by Gasteiger charge is 2.27. The normalized spacial score (nSPS) is 18.3. The first-order valence-electron chi connectivity index (χ1n) is 9.60. The second kappa shape index (κ2) is 8.66. The second-order valence-corrected chi connectivity index (χ2v) is 9.77. The number of hydrogen-bond donors (Lipinski definition) is 0. The molecule has 0 unspecified atom stereocenters. The summed E-state index contributed by atoms with van der Waals surface area (Å²) in [6.45, 7) is 3.96. The van der Waals surface area contributed by atoms with Crippen molar-refractivity contribution in [1.82, 2.24) is 9.80 Å². The first-order valence-corrected chi connectivity index (χ1v) is 11.7. The van der Waals surface area contributed by atoms with Gasteiger partial charge in [0, 0.05) is 31.7 Å². The molecule has 0 N–H and O–H groups in total. The third kappa shape index (κ3) is 4.25.